The maximum absolute atomic E-state index is 6.03. The normalized spacial score (nSPS) is 21.7. The third-order valence-corrected chi connectivity index (χ3v) is 3.30. The van der Waals surface area contributed by atoms with Crippen molar-refractivity contribution in [1.82, 2.24) is 5.32 Å². The first kappa shape index (κ1) is 12.4. The Balaban J connectivity index is 2.15. The van der Waals surface area contributed by atoms with Crippen LogP contribution in [0.2, 0.25) is 0 Å². The standard InChI is InChI=1S/C15H23NO/c1-4-9-16-11-12-10-15(2,3)17-14-8-6-5-7-13(12)14/h5-8,12,16H,4,9-11H2,1-3H3. The van der Waals surface area contributed by atoms with Gasteiger partial charge in [0.2, 0.25) is 0 Å². The van der Waals surface area contributed by atoms with Crippen LogP contribution in [0.25, 0.3) is 0 Å². The molecule has 0 amide bonds. The van der Waals surface area contributed by atoms with Crippen LogP contribution in [0.5, 0.6) is 5.75 Å². The van der Waals surface area contributed by atoms with Gasteiger partial charge < -0.3 is 10.1 Å². The molecule has 1 aromatic rings. The van der Waals surface area contributed by atoms with E-state index in [-0.39, 0.29) is 5.60 Å². The van der Waals surface area contributed by atoms with E-state index in [4.69, 9.17) is 4.74 Å². The predicted molar refractivity (Wildman–Crippen MR) is 71.7 cm³/mol. The topological polar surface area (TPSA) is 21.3 Å². The minimum Gasteiger partial charge on any atom is -0.488 e. The number of ether oxygens (including phenoxy) is 1. The minimum atomic E-state index is -0.0487. The second-order valence-corrected chi connectivity index (χ2v) is 5.50. The van der Waals surface area contributed by atoms with Crippen molar-refractivity contribution in [3.05, 3.63) is 29.8 Å². The van der Waals surface area contributed by atoms with Gasteiger partial charge in [-0.25, -0.2) is 0 Å². The molecule has 1 heterocycles. The molecular weight excluding hydrogens is 210 g/mol. The van der Waals surface area contributed by atoms with E-state index < -0.39 is 0 Å². The highest BCUT2D eigenvalue weighted by Crippen LogP contribution is 2.40. The largest absolute Gasteiger partial charge is 0.488 e. The van der Waals surface area contributed by atoms with Gasteiger partial charge in [-0.3, -0.25) is 0 Å². The van der Waals surface area contributed by atoms with Gasteiger partial charge in [-0.1, -0.05) is 25.1 Å². The quantitative estimate of drug-likeness (QED) is 0.805. The Morgan fingerprint density at radius 1 is 1.35 bits per heavy atom. The van der Waals surface area contributed by atoms with Crippen molar-refractivity contribution in [2.45, 2.75) is 45.1 Å². The Labute approximate surface area is 104 Å². The van der Waals surface area contributed by atoms with Crippen molar-refractivity contribution in [2.75, 3.05) is 13.1 Å². The number of rotatable bonds is 4. The smallest absolute Gasteiger partial charge is 0.123 e. The summed E-state index contributed by atoms with van der Waals surface area (Å²) in [5, 5.41) is 3.53. The van der Waals surface area contributed by atoms with Gasteiger partial charge >= 0.3 is 0 Å². The molecule has 1 atom stereocenters. The summed E-state index contributed by atoms with van der Waals surface area (Å²) < 4.78 is 6.03. The van der Waals surface area contributed by atoms with Crippen LogP contribution in [0.15, 0.2) is 24.3 Å². The SMILES string of the molecule is CCCNCC1CC(C)(C)Oc2ccccc21. The first-order valence-corrected chi connectivity index (χ1v) is 6.61. The van der Waals surface area contributed by atoms with Crippen LogP contribution in [-0.4, -0.2) is 18.7 Å². The molecule has 1 N–H and O–H groups in total. The van der Waals surface area contributed by atoms with Crippen LogP contribution in [0.4, 0.5) is 0 Å². The molecule has 0 fully saturated rings. The molecule has 1 aliphatic rings. The molecule has 2 nitrogen and oxygen atoms in total. The molecule has 1 aliphatic heterocycles. The first-order valence-electron chi connectivity index (χ1n) is 6.61. The molecule has 0 saturated heterocycles. The number of fused-ring (bicyclic) bond motifs is 1. The van der Waals surface area contributed by atoms with Gasteiger partial charge in [0.25, 0.3) is 0 Å². The number of hydrogen-bond acceptors (Lipinski definition) is 2. The summed E-state index contributed by atoms with van der Waals surface area (Å²) in [4.78, 5) is 0. The van der Waals surface area contributed by atoms with E-state index in [1.54, 1.807) is 0 Å². The van der Waals surface area contributed by atoms with E-state index in [1.165, 1.54) is 12.0 Å². The van der Waals surface area contributed by atoms with Gasteiger partial charge in [0.1, 0.15) is 11.4 Å². The summed E-state index contributed by atoms with van der Waals surface area (Å²) in [6.45, 7) is 8.71. The average Bonchev–Trinajstić information content (AvgIpc) is 2.28. The predicted octanol–water partition coefficient (Wildman–Crippen LogP) is 3.33. The van der Waals surface area contributed by atoms with Gasteiger partial charge in [-0.2, -0.15) is 0 Å². The van der Waals surface area contributed by atoms with Gasteiger partial charge in [0.15, 0.2) is 0 Å². The highest BCUT2D eigenvalue weighted by molar-refractivity contribution is 5.39. The number of nitrogens with one attached hydrogen (secondary N) is 1. The highest BCUT2D eigenvalue weighted by atomic mass is 16.5. The van der Waals surface area contributed by atoms with Crippen molar-refractivity contribution in [3.63, 3.8) is 0 Å². The van der Waals surface area contributed by atoms with E-state index in [2.05, 4.69) is 50.4 Å². The number of para-hydroxylation sites is 1. The lowest BCUT2D eigenvalue weighted by atomic mass is 9.84. The van der Waals surface area contributed by atoms with Crippen LogP contribution < -0.4 is 10.1 Å². The molecule has 1 unspecified atom stereocenters. The fourth-order valence-electron chi connectivity index (χ4n) is 2.59. The van der Waals surface area contributed by atoms with E-state index >= 15 is 0 Å². The van der Waals surface area contributed by atoms with Crippen LogP contribution >= 0.6 is 0 Å². The molecule has 1 aromatic carbocycles. The lowest BCUT2D eigenvalue weighted by Crippen LogP contribution is -2.38. The lowest BCUT2D eigenvalue weighted by molar-refractivity contribution is 0.0718. The maximum Gasteiger partial charge on any atom is 0.123 e. The average molecular weight is 233 g/mol. The molecule has 0 radical (unpaired) electrons. The molecule has 0 aliphatic carbocycles. The maximum atomic E-state index is 6.03. The Morgan fingerprint density at radius 3 is 2.88 bits per heavy atom. The lowest BCUT2D eigenvalue weighted by Gasteiger charge is -2.37. The first-order chi connectivity index (χ1) is 8.12. The fraction of sp³-hybridized carbons (Fsp3) is 0.600. The third kappa shape index (κ3) is 3.01. The third-order valence-electron chi connectivity index (χ3n) is 3.30. The summed E-state index contributed by atoms with van der Waals surface area (Å²) in [5.74, 6) is 1.63. The molecule has 0 bridgehead atoms. The molecule has 94 valence electrons. The molecule has 0 aromatic heterocycles. The highest BCUT2D eigenvalue weighted by Gasteiger charge is 2.32. The van der Waals surface area contributed by atoms with E-state index in [0.29, 0.717) is 5.92 Å². The number of hydrogen-bond donors (Lipinski definition) is 1. The molecule has 2 heteroatoms. The number of benzene rings is 1. The Bertz CT molecular complexity index is 373. The summed E-state index contributed by atoms with van der Waals surface area (Å²) in [5.41, 5.74) is 1.31. The van der Waals surface area contributed by atoms with Crippen molar-refractivity contribution in [3.8, 4) is 5.75 Å². The second-order valence-electron chi connectivity index (χ2n) is 5.50. The fourth-order valence-corrected chi connectivity index (χ4v) is 2.59. The summed E-state index contributed by atoms with van der Waals surface area (Å²) >= 11 is 0. The van der Waals surface area contributed by atoms with E-state index in [0.717, 1.165) is 25.3 Å². The second kappa shape index (κ2) is 5.09. The van der Waals surface area contributed by atoms with Gasteiger partial charge in [-0.15, -0.1) is 0 Å². The summed E-state index contributed by atoms with van der Waals surface area (Å²) in [7, 11) is 0. The van der Waals surface area contributed by atoms with Crippen molar-refractivity contribution in [1.29, 1.82) is 0 Å². The zero-order chi connectivity index (χ0) is 12.3. The Kier molecular flexibility index (Phi) is 3.72. The molecule has 2 rings (SSSR count). The van der Waals surface area contributed by atoms with Crippen molar-refractivity contribution in [2.24, 2.45) is 0 Å². The van der Waals surface area contributed by atoms with E-state index in [1.807, 2.05) is 0 Å². The van der Waals surface area contributed by atoms with Crippen molar-refractivity contribution < 1.29 is 4.74 Å². The summed E-state index contributed by atoms with van der Waals surface area (Å²) in [6.07, 6.45) is 2.27. The minimum absolute atomic E-state index is 0.0487. The molecular formula is C15H23NO. The Morgan fingerprint density at radius 2 is 2.12 bits per heavy atom. The van der Waals surface area contributed by atoms with Gasteiger partial charge in [0, 0.05) is 12.5 Å². The molecule has 17 heavy (non-hydrogen) atoms. The zero-order valence-corrected chi connectivity index (χ0v) is 11.1. The monoisotopic (exact) mass is 233 g/mol. The van der Waals surface area contributed by atoms with Crippen LogP contribution in [0, 0.1) is 0 Å². The van der Waals surface area contributed by atoms with Crippen LogP contribution in [0.3, 0.4) is 0 Å². The summed E-state index contributed by atoms with van der Waals surface area (Å²) in [6, 6.07) is 8.44. The molecule has 0 spiro atoms. The van der Waals surface area contributed by atoms with E-state index in [9.17, 15) is 0 Å². The molecule has 0 saturated carbocycles. The van der Waals surface area contributed by atoms with Crippen LogP contribution in [0.1, 0.15) is 45.1 Å². The van der Waals surface area contributed by atoms with Crippen molar-refractivity contribution >= 4 is 0 Å². The Hall–Kier alpha value is -1.02. The van der Waals surface area contributed by atoms with Crippen LogP contribution in [-0.2, 0) is 0 Å². The van der Waals surface area contributed by atoms with Gasteiger partial charge in [-0.05, 0) is 44.9 Å². The zero-order valence-electron chi connectivity index (χ0n) is 11.1. The van der Waals surface area contributed by atoms with Gasteiger partial charge in [0.05, 0.1) is 0 Å².